The lowest BCUT2D eigenvalue weighted by atomic mass is 10.3. The fourth-order valence-electron chi connectivity index (χ4n) is 0.205. The van der Waals surface area contributed by atoms with Gasteiger partial charge in [0, 0.05) is 0 Å². The molecule has 1 heterocycles. The lowest BCUT2D eigenvalue weighted by Crippen LogP contribution is -1.73. The fourth-order valence-corrected chi connectivity index (χ4v) is 0.205. The van der Waals surface area contributed by atoms with Crippen LogP contribution in [0.2, 0.25) is 0 Å². The van der Waals surface area contributed by atoms with Crippen LogP contribution in [0.25, 0.3) is 0 Å². The molecular weight excluding hydrogens is 138 g/mol. The first-order valence-electron chi connectivity index (χ1n) is 3.28. The van der Waals surface area contributed by atoms with Gasteiger partial charge in [-0.3, -0.25) is 0 Å². The van der Waals surface area contributed by atoms with E-state index in [0.29, 0.717) is 0 Å². The first-order valence-corrected chi connectivity index (χ1v) is 3.28. The number of nitrogens with zero attached hydrogens (tertiary/aromatic N) is 3. The van der Waals surface area contributed by atoms with Crippen molar-refractivity contribution in [3.05, 3.63) is 19.0 Å². The standard InChI is InChI=1S/C4H10.C3H3N3.CH4/c1-4(2)3;1-4-2-6-3-5-1;/h4H,1-3H3;1-3H;1H4. The van der Waals surface area contributed by atoms with Crippen molar-refractivity contribution < 1.29 is 0 Å². The summed E-state index contributed by atoms with van der Waals surface area (Å²) in [6.07, 6.45) is 4.31. The van der Waals surface area contributed by atoms with Crippen LogP contribution in [0.1, 0.15) is 28.2 Å². The van der Waals surface area contributed by atoms with Crippen LogP contribution in [0.4, 0.5) is 0 Å². The van der Waals surface area contributed by atoms with Crippen LogP contribution in [-0.2, 0) is 0 Å². The zero-order chi connectivity index (χ0) is 7.82. The second-order valence-corrected chi connectivity index (χ2v) is 2.53. The van der Waals surface area contributed by atoms with Gasteiger partial charge < -0.3 is 0 Å². The molecular formula is C8H17N3. The fraction of sp³-hybridized carbons (Fsp3) is 0.625. The van der Waals surface area contributed by atoms with Gasteiger partial charge in [-0.05, 0) is 5.92 Å². The third kappa shape index (κ3) is 17.6. The SMILES string of the molecule is C.CC(C)C.c1ncncn1. The molecule has 3 heteroatoms. The Morgan fingerprint density at radius 1 is 0.818 bits per heavy atom. The van der Waals surface area contributed by atoms with Crippen molar-refractivity contribution in [2.24, 2.45) is 5.92 Å². The molecule has 1 aromatic heterocycles. The minimum atomic E-state index is 0. The van der Waals surface area contributed by atoms with Crippen LogP contribution in [0, 0.1) is 5.92 Å². The second kappa shape index (κ2) is 9.01. The minimum absolute atomic E-state index is 0. The van der Waals surface area contributed by atoms with Gasteiger partial charge in [0.05, 0.1) is 0 Å². The van der Waals surface area contributed by atoms with Gasteiger partial charge in [-0.2, -0.15) is 0 Å². The van der Waals surface area contributed by atoms with Gasteiger partial charge in [0.2, 0.25) is 0 Å². The van der Waals surface area contributed by atoms with Gasteiger partial charge >= 0.3 is 0 Å². The van der Waals surface area contributed by atoms with Gasteiger partial charge in [-0.1, -0.05) is 28.2 Å². The highest BCUT2D eigenvalue weighted by molar-refractivity contribution is 4.51. The summed E-state index contributed by atoms with van der Waals surface area (Å²) in [5.41, 5.74) is 0. The van der Waals surface area contributed by atoms with Crippen molar-refractivity contribution >= 4 is 0 Å². The second-order valence-electron chi connectivity index (χ2n) is 2.53. The normalized spacial score (nSPS) is 7.64. The van der Waals surface area contributed by atoms with E-state index in [1.807, 2.05) is 0 Å². The van der Waals surface area contributed by atoms with E-state index in [4.69, 9.17) is 0 Å². The Morgan fingerprint density at radius 2 is 1.00 bits per heavy atom. The number of aromatic nitrogens is 3. The summed E-state index contributed by atoms with van der Waals surface area (Å²) in [5, 5.41) is 0. The predicted molar refractivity (Wildman–Crippen MR) is 47.1 cm³/mol. The van der Waals surface area contributed by atoms with Gasteiger partial charge in [0.1, 0.15) is 19.0 Å². The van der Waals surface area contributed by atoms with Crippen molar-refractivity contribution in [3.8, 4) is 0 Å². The quantitative estimate of drug-likeness (QED) is 0.576. The predicted octanol–water partition coefficient (Wildman–Crippen LogP) is 2.17. The van der Waals surface area contributed by atoms with Crippen LogP contribution in [0.3, 0.4) is 0 Å². The molecule has 0 aliphatic heterocycles. The van der Waals surface area contributed by atoms with Gasteiger partial charge in [-0.15, -0.1) is 0 Å². The Hall–Kier alpha value is -0.990. The van der Waals surface area contributed by atoms with Crippen LogP contribution in [0.5, 0.6) is 0 Å². The summed E-state index contributed by atoms with van der Waals surface area (Å²) in [7, 11) is 0. The Bertz CT molecular complexity index is 110. The van der Waals surface area contributed by atoms with E-state index in [0.717, 1.165) is 5.92 Å². The number of hydrogen-bond donors (Lipinski definition) is 0. The largest absolute Gasteiger partial charge is 0.225 e. The molecule has 0 radical (unpaired) electrons. The molecule has 1 aromatic rings. The maximum atomic E-state index is 3.56. The first-order chi connectivity index (χ1) is 4.73. The van der Waals surface area contributed by atoms with Gasteiger partial charge in [0.25, 0.3) is 0 Å². The molecule has 0 bridgehead atoms. The summed E-state index contributed by atoms with van der Waals surface area (Å²) in [4.78, 5) is 10.7. The molecule has 0 unspecified atom stereocenters. The van der Waals surface area contributed by atoms with E-state index in [9.17, 15) is 0 Å². The number of hydrogen-bond acceptors (Lipinski definition) is 3. The Balaban J connectivity index is 0. The molecule has 0 aliphatic rings. The van der Waals surface area contributed by atoms with E-state index < -0.39 is 0 Å². The average molecular weight is 155 g/mol. The van der Waals surface area contributed by atoms with E-state index >= 15 is 0 Å². The van der Waals surface area contributed by atoms with E-state index in [-0.39, 0.29) is 7.43 Å². The first kappa shape index (κ1) is 12.7. The molecule has 11 heavy (non-hydrogen) atoms. The monoisotopic (exact) mass is 155 g/mol. The minimum Gasteiger partial charge on any atom is -0.225 e. The molecule has 0 aromatic carbocycles. The van der Waals surface area contributed by atoms with Crippen molar-refractivity contribution in [3.63, 3.8) is 0 Å². The molecule has 3 nitrogen and oxygen atoms in total. The molecule has 0 amide bonds. The van der Waals surface area contributed by atoms with Crippen LogP contribution >= 0.6 is 0 Å². The molecule has 1 rings (SSSR count). The molecule has 0 spiro atoms. The van der Waals surface area contributed by atoms with Crippen LogP contribution in [0.15, 0.2) is 19.0 Å². The third-order valence-electron chi connectivity index (χ3n) is 0.400. The van der Waals surface area contributed by atoms with E-state index in [1.165, 1.54) is 19.0 Å². The Labute approximate surface area is 68.9 Å². The highest BCUT2D eigenvalue weighted by atomic mass is 14.9. The highest BCUT2D eigenvalue weighted by Gasteiger charge is 1.68. The van der Waals surface area contributed by atoms with Crippen molar-refractivity contribution in [1.82, 2.24) is 15.0 Å². The van der Waals surface area contributed by atoms with E-state index in [1.54, 1.807) is 0 Å². The zero-order valence-electron chi connectivity index (χ0n) is 6.65. The summed E-state index contributed by atoms with van der Waals surface area (Å²) >= 11 is 0. The smallest absolute Gasteiger partial charge is 0.119 e. The van der Waals surface area contributed by atoms with Crippen LogP contribution in [-0.4, -0.2) is 15.0 Å². The Morgan fingerprint density at radius 3 is 1.09 bits per heavy atom. The third-order valence-corrected chi connectivity index (χ3v) is 0.400. The summed E-state index contributed by atoms with van der Waals surface area (Å²) in [5.74, 6) is 0.833. The number of rotatable bonds is 0. The molecule has 0 N–H and O–H groups in total. The summed E-state index contributed by atoms with van der Waals surface area (Å²) in [6.45, 7) is 6.50. The lowest BCUT2D eigenvalue weighted by Gasteiger charge is -1.79. The van der Waals surface area contributed by atoms with Gasteiger partial charge in [0.15, 0.2) is 0 Å². The summed E-state index contributed by atoms with van der Waals surface area (Å²) in [6, 6.07) is 0. The lowest BCUT2D eigenvalue weighted by molar-refractivity contribution is 0.737. The maximum absolute atomic E-state index is 3.56. The maximum Gasteiger partial charge on any atom is 0.119 e. The molecule has 0 saturated carbocycles. The topological polar surface area (TPSA) is 38.7 Å². The molecule has 64 valence electrons. The highest BCUT2D eigenvalue weighted by Crippen LogP contribution is 1.81. The van der Waals surface area contributed by atoms with Gasteiger partial charge in [-0.25, -0.2) is 15.0 Å². The van der Waals surface area contributed by atoms with Crippen molar-refractivity contribution in [1.29, 1.82) is 0 Å². The van der Waals surface area contributed by atoms with Crippen molar-refractivity contribution in [2.75, 3.05) is 0 Å². The zero-order valence-corrected chi connectivity index (χ0v) is 6.65. The molecule has 0 fully saturated rings. The van der Waals surface area contributed by atoms with Crippen molar-refractivity contribution in [2.45, 2.75) is 28.2 Å². The Kier molecular flexibility index (Phi) is 10.4. The molecule has 0 saturated heterocycles. The molecule has 0 aliphatic carbocycles. The van der Waals surface area contributed by atoms with Crippen LogP contribution < -0.4 is 0 Å². The summed E-state index contributed by atoms with van der Waals surface area (Å²) < 4.78 is 0. The van der Waals surface area contributed by atoms with E-state index in [2.05, 4.69) is 35.7 Å². The average Bonchev–Trinajstić information content (AvgIpc) is 1.90. The molecule has 0 atom stereocenters.